The van der Waals surface area contributed by atoms with Crippen LogP contribution in [0.25, 0.3) is 0 Å². The van der Waals surface area contributed by atoms with Crippen LogP contribution < -0.4 is 5.32 Å². The molecule has 0 spiro atoms. The molecule has 2 atom stereocenters. The maximum absolute atomic E-state index is 9.68. The normalized spacial score (nSPS) is 19.6. The van der Waals surface area contributed by atoms with Gasteiger partial charge < -0.3 is 10.4 Å². The van der Waals surface area contributed by atoms with Crippen LogP contribution in [0.1, 0.15) is 41.7 Å². The Labute approximate surface area is 119 Å². The summed E-state index contributed by atoms with van der Waals surface area (Å²) in [6.45, 7) is 0.107. The van der Waals surface area contributed by atoms with Gasteiger partial charge in [-0.05, 0) is 24.8 Å². The lowest BCUT2D eigenvalue weighted by atomic mass is 9.92. The summed E-state index contributed by atoms with van der Waals surface area (Å²) >= 11 is 0. The minimum absolute atomic E-state index is 0.0210. The molecular formula is C16H21N3O. The van der Waals surface area contributed by atoms with Gasteiger partial charge in [0.1, 0.15) is 0 Å². The number of fused-ring (bicyclic) bond motifs is 1. The Balaban J connectivity index is 1.81. The summed E-state index contributed by atoms with van der Waals surface area (Å²) in [5.41, 5.74) is 3.73. The summed E-state index contributed by atoms with van der Waals surface area (Å²) < 4.78 is 1.97. The quantitative estimate of drug-likeness (QED) is 0.895. The summed E-state index contributed by atoms with van der Waals surface area (Å²) in [6, 6.07) is 10.4. The zero-order valence-electron chi connectivity index (χ0n) is 11.8. The van der Waals surface area contributed by atoms with Crippen molar-refractivity contribution in [1.29, 1.82) is 0 Å². The van der Waals surface area contributed by atoms with Crippen LogP contribution in [-0.4, -0.2) is 21.5 Å². The molecule has 0 saturated carbocycles. The predicted molar refractivity (Wildman–Crippen MR) is 78.3 cm³/mol. The highest BCUT2D eigenvalue weighted by atomic mass is 16.3. The van der Waals surface area contributed by atoms with Gasteiger partial charge in [-0.15, -0.1) is 0 Å². The van der Waals surface area contributed by atoms with E-state index in [1.54, 1.807) is 0 Å². The Bertz CT molecular complexity index is 564. The molecule has 2 aromatic rings. The Hall–Kier alpha value is -1.65. The van der Waals surface area contributed by atoms with Crippen molar-refractivity contribution in [2.45, 2.75) is 31.3 Å². The number of nitrogens with zero attached hydrogens (tertiary/aromatic N) is 2. The molecule has 0 amide bonds. The van der Waals surface area contributed by atoms with Crippen molar-refractivity contribution in [1.82, 2.24) is 15.1 Å². The number of hydrogen-bond donors (Lipinski definition) is 2. The third-order valence-electron chi connectivity index (χ3n) is 4.16. The van der Waals surface area contributed by atoms with Crippen molar-refractivity contribution in [3.8, 4) is 0 Å². The van der Waals surface area contributed by atoms with Crippen LogP contribution in [0.4, 0.5) is 0 Å². The molecule has 0 fully saturated rings. The zero-order valence-corrected chi connectivity index (χ0v) is 11.8. The van der Waals surface area contributed by atoms with Crippen molar-refractivity contribution in [2.75, 3.05) is 6.61 Å². The van der Waals surface area contributed by atoms with E-state index in [-0.39, 0.29) is 18.7 Å². The summed E-state index contributed by atoms with van der Waals surface area (Å²) in [4.78, 5) is 0. The Morgan fingerprint density at radius 3 is 2.95 bits per heavy atom. The van der Waals surface area contributed by atoms with Gasteiger partial charge in [-0.2, -0.15) is 5.10 Å². The maximum Gasteiger partial charge on any atom is 0.0626 e. The first-order chi connectivity index (χ1) is 9.79. The van der Waals surface area contributed by atoms with Gasteiger partial charge in [0.15, 0.2) is 0 Å². The number of aryl methyl sites for hydroxylation is 1. The Morgan fingerprint density at radius 1 is 1.40 bits per heavy atom. The van der Waals surface area contributed by atoms with Gasteiger partial charge in [0.2, 0.25) is 0 Å². The van der Waals surface area contributed by atoms with E-state index >= 15 is 0 Å². The van der Waals surface area contributed by atoms with E-state index in [9.17, 15) is 5.11 Å². The summed E-state index contributed by atoms with van der Waals surface area (Å²) in [5, 5.41) is 17.6. The lowest BCUT2D eigenvalue weighted by molar-refractivity contribution is 0.228. The van der Waals surface area contributed by atoms with Crippen molar-refractivity contribution in [2.24, 2.45) is 7.05 Å². The molecule has 1 aromatic carbocycles. The molecule has 1 unspecified atom stereocenters. The van der Waals surface area contributed by atoms with E-state index in [1.165, 1.54) is 11.3 Å². The van der Waals surface area contributed by atoms with Crippen LogP contribution in [0, 0.1) is 0 Å². The first-order valence-corrected chi connectivity index (χ1v) is 7.22. The lowest BCUT2D eigenvalue weighted by Crippen LogP contribution is -2.31. The zero-order chi connectivity index (χ0) is 13.9. The first-order valence-electron chi connectivity index (χ1n) is 7.22. The first kappa shape index (κ1) is 13.3. The molecule has 1 aromatic heterocycles. The number of aliphatic hydroxyl groups is 1. The monoisotopic (exact) mass is 271 g/mol. The molecule has 3 rings (SSSR count). The number of nitrogens with one attached hydrogen (secondary N) is 1. The fraction of sp³-hybridized carbons (Fsp3) is 0.438. The van der Waals surface area contributed by atoms with Gasteiger partial charge in [0.25, 0.3) is 0 Å². The van der Waals surface area contributed by atoms with Crippen molar-refractivity contribution < 1.29 is 5.11 Å². The average Bonchev–Trinajstić information content (AvgIpc) is 2.88. The molecule has 4 nitrogen and oxygen atoms in total. The SMILES string of the molecule is Cn1ncc2c1CCCC2N[C@H](CO)c1ccccc1. The highest BCUT2D eigenvalue weighted by molar-refractivity contribution is 5.26. The fourth-order valence-electron chi connectivity index (χ4n) is 3.06. The fourth-order valence-corrected chi connectivity index (χ4v) is 3.06. The highest BCUT2D eigenvalue weighted by Gasteiger charge is 2.25. The van der Waals surface area contributed by atoms with Crippen LogP contribution in [-0.2, 0) is 13.5 Å². The molecule has 1 heterocycles. The summed E-state index contributed by atoms with van der Waals surface area (Å²) in [6.07, 6.45) is 5.32. The van der Waals surface area contributed by atoms with Crippen molar-refractivity contribution in [3.63, 3.8) is 0 Å². The highest BCUT2D eigenvalue weighted by Crippen LogP contribution is 2.31. The van der Waals surface area contributed by atoms with E-state index in [0.29, 0.717) is 0 Å². The molecule has 4 heteroatoms. The minimum Gasteiger partial charge on any atom is -0.394 e. The Morgan fingerprint density at radius 2 is 2.20 bits per heavy atom. The molecule has 0 radical (unpaired) electrons. The molecule has 0 aliphatic heterocycles. The van der Waals surface area contributed by atoms with Crippen molar-refractivity contribution >= 4 is 0 Å². The predicted octanol–water partition coefficient (Wildman–Crippen LogP) is 2.12. The van der Waals surface area contributed by atoms with Gasteiger partial charge in [-0.3, -0.25) is 4.68 Å². The minimum atomic E-state index is -0.0210. The van der Waals surface area contributed by atoms with E-state index in [2.05, 4.69) is 22.5 Å². The summed E-state index contributed by atoms with van der Waals surface area (Å²) in [7, 11) is 2.00. The molecular weight excluding hydrogens is 250 g/mol. The average molecular weight is 271 g/mol. The molecule has 0 bridgehead atoms. The number of aromatic nitrogens is 2. The second-order valence-electron chi connectivity index (χ2n) is 5.43. The molecule has 1 aliphatic carbocycles. The Kier molecular flexibility index (Phi) is 3.85. The van der Waals surface area contributed by atoms with E-state index in [4.69, 9.17) is 0 Å². The third-order valence-corrected chi connectivity index (χ3v) is 4.16. The van der Waals surface area contributed by atoms with E-state index < -0.39 is 0 Å². The molecule has 20 heavy (non-hydrogen) atoms. The molecule has 1 aliphatic rings. The third kappa shape index (κ3) is 2.49. The number of rotatable bonds is 4. The summed E-state index contributed by atoms with van der Waals surface area (Å²) in [5.74, 6) is 0. The maximum atomic E-state index is 9.68. The molecule has 2 N–H and O–H groups in total. The van der Waals surface area contributed by atoms with Crippen LogP contribution >= 0.6 is 0 Å². The lowest BCUT2D eigenvalue weighted by Gasteiger charge is -2.28. The number of hydrogen-bond acceptors (Lipinski definition) is 3. The number of aliphatic hydroxyl groups excluding tert-OH is 1. The number of benzene rings is 1. The second kappa shape index (κ2) is 5.77. The van der Waals surface area contributed by atoms with Crippen molar-refractivity contribution in [3.05, 3.63) is 53.3 Å². The van der Waals surface area contributed by atoms with Gasteiger partial charge in [-0.25, -0.2) is 0 Å². The van der Waals surface area contributed by atoms with Gasteiger partial charge in [0.05, 0.1) is 18.8 Å². The largest absolute Gasteiger partial charge is 0.394 e. The smallest absolute Gasteiger partial charge is 0.0626 e. The van der Waals surface area contributed by atoms with E-state index in [1.807, 2.05) is 36.1 Å². The van der Waals surface area contributed by atoms with Crippen LogP contribution in [0.15, 0.2) is 36.5 Å². The molecule has 106 valence electrons. The van der Waals surface area contributed by atoms with Crippen LogP contribution in [0.3, 0.4) is 0 Å². The van der Waals surface area contributed by atoms with E-state index in [0.717, 1.165) is 24.8 Å². The molecule has 0 saturated heterocycles. The van der Waals surface area contributed by atoms with Gasteiger partial charge in [-0.1, -0.05) is 30.3 Å². The topological polar surface area (TPSA) is 50.1 Å². The van der Waals surface area contributed by atoms with Gasteiger partial charge in [0, 0.05) is 24.3 Å². The van der Waals surface area contributed by atoms with Gasteiger partial charge >= 0.3 is 0 Å². The van der Waals surface area contributed by atoms with Crippen LogP contribution in [0.5, 0.6) is 0 Å². The second-order valence-corrected chi connectivity index (χ2v) is 5.43. The standard InChI is InChI=1S/C16H21N3O/c1-19-16-9-5-8-14(13(16)10-17-19)18-15(11-20)12-6-3-2-4-7-12/h2-4,6-7,10,14-15,18,20H,5,8-9,11H2,1H3/t14?,15-/m1/s1. The van der Waals surface area contributed by atoms with Crippen LogP contribution in [0.2, 0.25) is 0 Å².